The second-order valence-electron chi connectivity index (χ2n) is 4.72. The predicted molar refractivity (Wildman–Crippen MR) is 65.5 cm³/mol. The fourth-order valence-electron chi connectivity index (χ4n) is 2.07. The summed E-state index contributed by atoms with van der Waals surface area (Å²) in [4.78, 5) is 13.1. The van der Waals surface area contributed by atoms with Crippen molar-refractivity contribution in [2.75, 3.05) is 13.1 Å². The van der Waals surface area contributed by atoms with Crippen molar-refractivity contribution in [2.45, 2.75) is 44.8 Å². The van der Waals surface area contributed by atoms with Crippen LogP contribution in [0.15, 0.2) is 0 Å². The number of likely N-dealkylation sites (tertiary alicyclic amines) is 1. The van der Waals surface area contributed by atoms with Crippen molar-refractivity contribution in [1.29, 1.82) is 0 Å². The highest BCUT2D eigenvalue weighted by Gasteiger charge is 2.31. The van der Waals surface area contributed by atoms with Crippen LogP contribution >= 0.6 is 12.4 Å². The van der Waals surface area contributed by atoms with Gasteiger partial charge in [0.2, 0.25) is 5.91 Å². The summed E-state index contributed by atoms with van der Waals surface area (Å²) in [7, 11) is 0. The Kier molecular flexibility index (Phi) is 6.99. The van der Waals surface area contributed by atoms with E-state index in [2.05, 4.69) is 0 Å². The van der Waals surface area contributed by atoms with Crippen LogP contribution in [-0.2, 0) is 4.79 Å². The summed E-state index contributed by atoms with van der Waals surface area (Å²) in [5.74, 6) is -0.203. The molecule has 1 heterocycles. The molecule has 2 N–H and O–H groups in total. The van der Waals surface area contributed by atoms with Crippen LogP contribution < -0.4 is 5.73 Å². The molecule has 7 heteroatoms. The largest absolute Gasteiger partial charge is 0.389 e. The Morgan fingerprint density at radius 1 is 1.50 bits per heavy atom. The SMILES string of the molecule is CC(N)C1CCCN(C(=O)CCC(F)(F)F)C1.Cl. The first-order chi connectivity index (χ1) is 7.79. The molecule has 108 valence electrons. The van der Waals surface area contributed by atoms with Gasteiger partial charge in [-0.2, -0.15) is 13.2 Å². The number of hydrogen-bond donors (Lipinski definition) is 1. The molecule has 3 nitrogen and oxygen atoms in total. The molecule has 0 aromatic carbocycles. The van der Waals surface area contributed by atoms with E-state index >= 15 is 0 Å². The lowest BCUT2D eigenvalue weighted by atomic mass is 9.92. The van der Waals surface area contributed by atoms with Crippen LogP contribution in [0.25, 0.3) is 0 Å². The second-order valence-corrected chi connectivity index (χ2v) is 4.72. The number of hydrogen-bond acceptors (Lipinski definition) is 2. The monoisotopic (exact) mass is 288 g/mol. The standard InChI is InChI=1S/C11H19F3N2O.ClH/c1-8(15)9-3-2-6-16(7-9)10(17)4-5-11(12,13)14;/h8-9H,2-7,15H2,1H3;1H. The molecule has 2 unspecified atom stereocenters. The summed E-state index contributed by atoms with van der Waals surface area (Å²) in [5.41, 5.74) is 5.75. The Morgan fingerprint density at radius 3 is 2.61 bits per heavy atom. The third-order valence-corrected chi connectivity index (χ3v) is 3.18. The van der Waals surface area contributed by atoms with E-state index in [1.54, 1.807) is 0 Å². The van der Waals surface area contributed by atoms with Gasteiger partial charge in [0, 0.05) is 25.6 Å². The van der Waals surface area contributed by atoms with Crippen LogP contribution in [0.5, 0.6) is 0 Å². The molecule has 0 aromatic heterocycles. The summed E-state index contributed by atoms with van der Waals surface area (Å²) < 4.78 is 36.0. The maximum absolute atomic E-state index is 12.0. The van der Waals surface area contributed by atoms with Gasteiger partial charge in [0.25, 0.3) is 0 Å². The van der Waals surface area contributed by atoms with E-state index in [0.29, 0.717) is 13.1 Å². The van der Waals surface area contributed by atoms with E-state index in [0.717, 1.165) is 12.8 Å². The molecule has 1 fully saturated rings. The summed E-state index contributed by atoms with van der Waals surface area (Å²) in [6, 6.07) is -0.0202. The van der Waals surface area contributed by atoms with Gasteiger partial charge in [0.05, 0.1) is 6.42 Å². The summed E-state index contributed by atoms with van der Waals surface area (Å²) >= 11 is 0. The van der Waals surface area contributed by atoms with Gasteiger partial charge in [0.1, 0.15) is 0 Å². The molecule has 0 saturated carbocycles. The Hall–Kier alpha value is -0.490. The lowest BCUT2D eigenvalue weighted by Crippen LogP contribution is -2.45. The molecule has 1 amide bonds. The number of halogens is 4. The van der Waals surface area contributed by atoms with Crippen molar-refractivity contribution < 1.29 is 18.0 Å². The molecular weight excluding hydrogens is 269 g/mol. The topological polar surface area (TPSA) is 46.3 Å². The zero-order chi connectivity index (χ0) is 13.1. The number of alkyl halides is 3. The predicted octanol–water partition coefficient (Wildman–Crippen LogP) is 2.34. The minimum atomic E-state index is -4.26. The highest BCUT2D eigenvalue weighted by molar-refractivity contribution is 5.85. The van der Waals surface area contributed by atoms with E-state index in [4.69, 9.17) is 5.73 Å². The van der Waals surface area contributed by atoms with Crippen LogP contribution in [0.4, 0.5) is 13.2 Å². The maximum atomic E-state index is 12.0. The van der Waals surface area contributed by atoms with E-state index in [-0.39, 0.29) is 24.4 Å². The summed E-state index contributed by atoms with van der Waals surface area (Å²) in [6.45, 7) is 2.92. The highest BCUT2D eigenvalue weighted by atomic mass is 35.5. The molecule has 1 aliphatic rings. The van der Waals surface area contributed by atoms with Crippen molar-refractivity contribution in [3.8, 4) is 0 Å². The van der Waals surface area contributed by atoms with E-state index in [1.807, 2.05) is 6.92 Å². The van der Waals surface area contributed by atoms with Crippen LogP contribution in [-0.4, -0.2) is 36.1 Å². The van der Waals surface area contributed by atoms with Gasteiger partial charge >= 0.3 is 6.18 Å². The van der Waals surface area contributed by atoms with Crippen LogP contribution in [0, 0.1) is 5.92 Å². The van der Waals surface area contributed by atoms with Crippen molar-refractivity contribution in [1.82, 2.24) is 4.90 Å². The molecule has 1 saturated heterocycles. The highest BCUT2D eigenvalue weighted by Crippen LogP contribution is 2.24. The quantitative estimate of drug-likeness (QED) is 0.866. The van der Waals surface area contributed by atoms with Crippen molar-refractivity contribution in [3.05, 3.63) is 0 Å². The lowest BCUT2D eigenvalue weighted by molar-refractivity contribution is -0.150. The third kappa shape index (κ3) is 5.91. The van der Waals surface area contributed by atoms with Crippen LogP contribution in [0.2, 0.25) is 0 Å². The lowest BCUT2D eigenvalue weighted by Gasteiger charge is -2.34. The van der Waals surface area contributed by atoms with Crippen molar-refractivity contribution in [2.24, 2.45) is 11.7 Å². The number of amides is 1. The number of piperidine rings is 1. The minimum absolute atomic E-state index is 0. The first-order valence-corrected chi connectivity index (χ1v) is 5.89. The van der Waals surface area contributed by atoms with E-state index < -0.39 is 24.9 Å². The minimum Gasteiger partial charge on any atom is -0.342 e. The maximum Gasteiger partial charge on any atom is 0.389 e. The molecule has 0 aromatic rings. The van der Waals surface area contributed by atoms with Crippen molar-refractivity contribution in [3.63, 3.8) is 0 Å². The molecule has 0 bridgehead atoms. The number of nitrogens with zero attached hydrogens (tertiary/aromatic N) is 1. The number of carbonyl (C=O) groups excluding carboxylic acids is 1. The van der Waals surface area contributed by atoms with E-state index in [1.165, 1.54) is 4.90 Å². The Balaban J connectivity index is 0.00000289. The average Bonchev–Trinajstić information content (AvgIpc) is 2.25. The molecule has 18 heavy (non-hydrogen) atoms. The zero-order valence-corrected chi connectivity index (χ0v) is 11.2. The van der Waals surface area contributed by atoms with Crippen molar-refractivity contribution >= 4 is 18.3 Å². The van der Waals surface area contributed by atoms with Gasteiger partial charge < -0.3 is 10.6 Å². The third-order valence-electron chi connectivity index (χ3n) is 3.18. The Bertz CT molecular complexity index is 272. The first-order valence-electron chi connectivity index (χ1n) is 5.89. The van der Waals surface area contributed by atoms with Gasteiger partial charge in [-0.15, -0.1) is 12.4 Å². The molecule has 0 aliphatic carbocycles. The fraction of sp³-hybridized carbons (Fsp3) is 0.909. The molecule has 0 radical (unpaired) electrons. The molecule has 2 atom stereocenters. The fourth-order valence-corrected chi connectivity index (χ4v) is 2.07. The van der Waals surface area contributed by atoms with Gasteiger partial charge in [-0.05, 0) is 25.7 Å². The number of carbonyl (C=O) groups is 1. The smallest absolute Gasteiger partial charge is 0.342 e. The van der Waals surface area contributed by atoms with Gasteiger partial charge in [-0.25, -0.2) is 0 Å². The molecular formula is C11H20ClF3N2O. The Labute approximate surface area is 111 Å². The molecule has 0 spiro atoms. The van der Waals surface area contributed by atoms with Gasteiger partial charge in [-0.3, -0.25) is 4.79 Å². The van der Waals surface area contributed by atoms with Gasteiger partial charge in [-0.1, -0.05) is 0 Å². The number of nitrogens with two attached hydrogens (primary N) is 1. The summed E-state index contributed by atoms with van der Waals surface area (Å²) in [5, 5.41) is 0. The van der Waals surface area contributed by atoms with Crippen LogP contribution in [0.1, 0.15) is 32.6 Å². The first kappa shape index (κ1) is 17.5. The zero-order valence-electron chi connectivity index (χ0n) is 10.4. The number of rotatable bonds is 3. The molecule has 1 aliphatic heterocycles. The average molecular weight is 289 g/mol. The Morgan fingerprint density at radius 2 is 2.11 bits per heavy atom. The van der Waals surface area contributed by atoms with Gasteiger partial charge in [0.15, 0.2) is 0 Å². The second kappa shape index (κ2) is 7.19. The normalized spacial score (nSPS) is 22.3. The van der Waals surface area contributed by atoms with Crippen LogP contribution in [0.3, 0.4) is 0 Å². The summed E-state index contributed by atoms with van der Waals surface area (Å²) in [6.07, 6.45) is -3.98. The van der Waals surface area contributed by atoms with E-state index in [9.17, 15) is 18.0 Å². The molecule has 1 rings (SSSR count).